The Bertz CT molecular complexity index is 497. The highest BCUT2D eigenvalue weighted by Crippen LogP contribution is 2.24. The van der Waals surface area contributed by atoms with Crippen molar-refractivity contribution in [3.8, 4) is 0 Å². The molecule has 1 aliphatic rings. The fourth-order valence-electron chi connectivity index (χ4n) is 2.28. The van der Waals surface area contributed by atoms with Gasteiger partial charge in [-0.3, -0.25) is 14.9 Å². The van der Waals surface area contributed by atoms with Crippen molar-refractivity contribution < 1.29 is 9.72 Å². The van der Waals surface area contributed by atoms with Crippen LogP contribution < -0.4 is 0 Å². The third kappa shape index (κ3) is 3.43. The molecule has 1 aromatic rings. The van der Waals surface area contributed by atoms with Crippen molar-refractivity contribution in [2.75, 3.05) is 13.1 Å². The van der Waals surface area contributed by atoms with Crippen molar-refractivity contribution in [1.82, 2.24) is 4.90 Å². The maximum Gasteiger partial charge on any atom is 0.283 e. The predicted octanol–water partition coefficient (Wildman–Crippen LogP) is 3.22. The van der Waals surface area contributed by atoms with Crippen LogP contribution >= 0.6 is 22.6 Å². The topological polar surface area (TPSA) is 63.4 Å². The minimum atomic E-state index is -0.479. The molecule has 1 amide bonds. The summed E-state index contributed by atoms with van der Waals surface area (Å²) in [5.74, 6) is -0.218. The fraction of sp³-hybridized carbons (Fsp3) is 0.462. The number of rotatable bonds is 2. The second kappa shape index (κ2) is 6.31. The fourth-order valence-corrected chi connectivity index (χ4v) is 2.76. The first kappa shape index (κ1) is 14.2. The SMILES string of the molecule is O=C(c1ccc(I)cc1[N+](=O)[O-])N1CCCCCC1. The first-order valence-corrected chi connectivity index (χ1v) is 7.40. The van der Waals surface area contributed by atoms with Gasteiger partial charge in [0.1, 0.15) is 5.56 Å². The molecule has 1 heterocycles. The number of hydrogen-bond acceptors (Lipinski definition) is 3. The molecule has 6 heteroatoms. The molecule has 0 atom stereocenters. The molecule has 0 aromatic heterocycles. The molecule has 0 N–H and O–H groups in total. The highest BCUT2D eigenvalue weighted by atomic mass is 127. The lowest BCUT2D eigenvalue weighted by atomic mass is 10.1. The van der Waals surface area contributed by atoms with Crippen molar-refractivity contribution in [1.29, 1.82) is 0 Å². The van der Waals surface area contributed by atoms with Gasteiger partial charge in [-0.25, -0.2) is 0 Å². The molecule has 0 bridgehead atoms. The zero-order valence-electron chi connectivity index (χ0n) is 10.5. The summed E-state index contributed by atoms with van der Waals surface area (Å²) in [7, 11) is 0. The number of carbonyl (C=O) groups excluding carboxylic acids is 1. The molecule has 0 spiro atoms. The van der Waals surface area contributed by atoms with Crippen LogP contribution in [0.1, 0.15) is 36.0 Å². The van der Waals surface area contributed by atoms with Crippen molar-refractivity contribution in [3.05, 3.63) is 37.4 Å². The molecule has 1 aliphatic heterocycles. The summed E-state index contributed by atoms with van der Waals surface area (Å²) >= 11 is 2.01. The van der Waals surface area contributed by atoms with E-state index in [1.807, 2.05) is 22.6 Å². The first-order valence-electron chi connectivity index (χ1n) is 6.33. The van der Waals surface area contributed by atoms with Crippen LogP contribution in [0.15, 0.2) is 18.2 Å². The van der Waals surface area contributed by atoms with E-state index in [2.05, 4.69) is 0 Å². The van der Waals surface area contributed by atoms with E-state index >= 15 is 0 Å². The Labute approximate surface area is 125 Å². The number of carbonyl (C=O) groups is 1. The predicted molar refractivity (Wildman–Crippen MR) is 80.2 cm³/mol. The molecular formula is C13H15IN2O3. The van der Waals surface area contributed by atoms with Gasteiger partial charge in [-0.05, 0) is 47.6 Å². The zero-order valence-corrected chi connectivity index (χ0v) is 12.6. The third-order valence-electron chi connectivity index (χ3n) is 3.28. The van der Waals surface area contributed by atoms with Crippen LogP contribution in [0.25, 0.3) is 0 Å². The normalized spacial score (nSPS) is 15.9. The average molecular weight is 374 g/mol. The number of likely N-dealkylation sites (tertiary alicyclic amines) is 1. The van der Waals surface area contributed by atoms with E-state index in [-0.39, 0.29) is 17.2 Å². The molecule has 0 unspecified atom stereocenters. The summed E-state index contributed by atoms with van der Waals surface area (Å²) in [5.41, 5.74) is 0.105. The van der Waals surface area contributed by atoms with Gasteiger partial charge in [0.2, 0.25) is 0 Å². The van der Waals surface area contributed by atoms with Gasteiger partial charge >= 0.3 is 0 Å². The summed E-state index contributed by atoms with van der Waals surface area (Å²) in [5, 5.41) is 11.1. The largest absolute Gasteiger partial charge is 0.338 e. The van der Waals surface area contributed by atoms with E-state index in [9.17, 15) is 14.9 Å². The van der Waals surface area contributed by atoms with Gasteiger partial charge < -0.3 is 4.90 Å². The molecule has 0 radical (unpaired) electrons. The average Bonchev–Trinajstić information content (AvgIpc) is 2.66. The van der Waals surface area contributed by atoms with Gasteiger partial charge in [0.25, 0.3) is 11.6 Å². The third-order valence-corrected chi connectivity index (χ3v) is 3.95. The summed E-state index contributed by atoms with van der Waals surface area (Å²) in [6.45, 7) is 1.39. The number of amides is 1. The van der Waals surface area contributed by atoms with Gasteiger partial charge in [-0.1, -0.05) is 12.8 Å². The maximum atomic E-state index is 12.4. The summed E-state index contributed by atoms with van der Waals surface area (Å²) in [6, 6.07) is 4.75. The molecule has 1 aromatic carbocycles. The Hall–Kier alpha value is -1.18. The lowest BCUT2D eigenvalue weighted by Gasteiger charge is -2.20. The van der Waals surface area contributed by atoms with Crippen LogP contribution in [-0.2, 0) is 0 Å². The Morgan fingerprint density at radius 3 is 2.42 bits per heavy atom. The standard InChI is InChI=1S/C13H15IN2O3/c14-10-5-6-11(12(9-10)16(18)19)13(17)15-7-3-1-2-4-8-15/h5-6,9H,1-4,7-8H2. The van der Waals surface area contributed by atoms with Crippen LogP contribution in [0.2, 0.25) is 0 Å². The molecule has 5 nitrogen and oxygen atoms in total. The number of nitro benzene ring substituents is 1. The minimum absolute atomic E-state index is 0.0962. The first-order chi connectivity index (χ1) is 9.09. The summed E-state index contributed by atoms with van der Waals surface area (Å²) < 4.78 is 0.761. The second-order valence-corrected chi connectivity index (χ2v) is 5.87. The van der Waals surface area contributed by atoms with Crippen LogP contribution in [0.4, 0.5) is 5.69 Å². The Kier molecular flexibility index (Phi) is 4.73. The van der Waals surface area contributed by atoms with Crippen LogP contribution in [-0.4, -0.2) is 28.8 Å². The highest BCUT2D eigenvalue weighted by molar-refractivity contribution is 14.1. The van der Waals surface area contributed by atoms with Crippen molar-refractivity contribution in [3.63, 3.8) is 0 Å². The lowest BCUT2D eigenvalue weighted by Crippen LogP contribution is -2.32. The van der Waals surface area contributed by atoms with Crippen LogP contribution in [0, 0.1) is 13.7 Å². The smallest absolute Gasteiger partial charge is 0.283 e. The van der Waals surface area contributed by atoms with Gasteiger partial charge in [-0.2, -0.15) is 0 Å². The van der Waals surface area contributed by atoms with Crippen molar-refractivity contribution in [2.45, 2.75) is 25.7 Å². The maximum absolute atomic E-state index is 12.4. The van der Waals surface area contributed by atoms with E-state index in [1.165, 1.54) is 6.07 Å². The number of nitrogens with zero attached hydrogens (tertiary/aromatic N) is 2. The quantitative estimate of drug-likeness (QED) is 0.454. The number of benzene rings is 1. The van der Waals surface area contributed by atoms with Crippen LogP contribution in [0.5, 0.6) is 0 Å². The monoisotopic (exact) mass is 374 g/mol. The Morgan fingerprint density at radius 1 is 1.21 bits per heavy atom. The van der Waals surface area contributed by atoms with Gasteiger partial charge in [0.05, 0.1) is 4.92 Å². The molecule has 1 saturated heterocycles. The minimum Gasteiger partial charge on any atom is -0.338 e. The second-order valence-electron chi connectivity index (χ2n) is 4.62. The Morgan fingerprint density at radius 2 is 1.84 bits per heavy atom. The van der Waals surface area contributed by atoms with E-state index in [1.54, 1.807) is 17.0 Å². The highest BCUT2D eigenvalue weighted by Gasteiger charge is 2.25. The van der Waals surface area contributed by atoms with E-state index in [0.717, 1.165) is 29.3 Å². The van der Waals surface area contributed by atoms with E-state index in [4.69, 9.17) is 0 Å². The molecule has 1 fully saturated rings. The van der Waals surface area contributed by atoms with Crippen molar-refractivity contribution in [2.24, 2.45) is 0 Å². The molecular weight excluding hydrogens is 359 g/mol. The van der Waals surface area contributed by atoms with Crippen molar-refractivity contribution >= 4 is 34.2 Å². The number of hydrogen-bond donors (Lipinski definition) is 0. The number of halogens is 1. The number of nitro groups is 1. The summed E-state index contributed by atoms with van der Waals surface area (Å²) in [4.78, 5) is 24.7. The van der Waals surface area contributed by atoms with E-state index < -0.39 is 4.92 Å². The van der Waals surface area contributed by atoms with Gasteiger partial charge in [0, 0.05) is 22.7 Å². The molecule has 2 rings (SSSR count). The van der Waals surface area contributed by atoms with E-state index in [0.29, 0.717) is 13.1 Å². The Balaban J connectivity index is 2.29. The zero-order chi connectivity index (χ0) is 13.8. The molecule has 0 aliphatic carbocycles. The molecule has 19 heavy (non-hydrogen) atoms. The molecule has 102 valence electrons. The van der Waals surface area contributed by atoms with Gasteiger partial charge in [0.15, 0.2) is 0 Å². The summed E-state index contributed by atoms with van der Waals surface area (Å²) in [6.07, 6.45) is 4.20. The molecule has 0 saturated carbocycles. The van der Waals surface area contributed by atoms with Crippen LogP contribution in [0.3, 0.4) is 0 Å². The lowest BCUT2D eigenvalue weighted by molar-refractivity contribution is -0.385. The van der Waals surface area contributed by atoms with Gasteiger partial charge in [-0.15, -0.1) is 0 Å².